The van der Waals surface area contributed by atoms with Gasteiger partial charge in [-0.25, -0.2) is 0 Å². The summed E-state index contributed by atoms with van der Waals surface area (Å²) >= 11 is 0. The van der Waals surface area contributed by atoms with Gasteiger partial charge in [-0.3, -0.25) is 4.79 Å². The first-order valence-corrected chi connectivity index (χ1v) is 8.21. The van der Waals surface area contributed by atoms with Crippen molar-refractivity contribution >= 4 is 11.6 Å². The molecule has 1 aromatic rings. The highest BCUT2D eigenvalue weighted by Crippen LogP contribution is 2.28. The number of carbonyl (C=O) groups is 1. The van der Waals surface area contributed by atoms with Gasteiger partial charge >= 0.3 is 0 Å². The minimum absolute atomic E-state index is 0.0108. The maximum atomic E-state index is 12.6. The molecule has 116 valence electrons. The van der Waals surface area contributed by atoms with E-state index in [1.54, 1.807) is 0 Å². The van der Waals surface area contributed by atoms with E-state index >= 15 is 0 Å². The number of hydrogen-bond donors (Lipinski definition) is 2. The van der Waals surface area contributed by atoms with E-state index in [0.717, 1.165) is 19.3 Å². The lowest BCUT2D eigenvalue weighted by atomic mass is 9.86. The number of hydrogen-bond acceptors (Lipinski definition) is 2. The van der Waals surface area contributed by atoms with Crippen molar-refractivity contribution < 1.29 is 4.79 Å². The molecule has 0 saturated carbocycles. The molecule has 3 atom stereocenters. The van der Waals surface area contributed by atoms with Gasteiger partial charge in [0.15, 0.2) is 0 Å². The Balaban J connectivity index is 2.03. The average molecular weight is 288 g/mol. The molecule has 1 aliphatic rings. The van der Waals surface area contributed by atoms with Gasteiger partial charge in [0.25, 0.3) is 0 Å². The molecule has 0 aliphatic carbocycles. The van der Waals surface area contributed by atoms with Crippen LogP contribution in [0.1, 0.15) is 46.1 Å². The fraction of sp³-hybridized carbons (Fsp3) is 0.611. The third-order valence-corrected chi connectivity index (χ3v) is 4.91. The van der Waals surface area contributed by atoms with Crippen molar-refractivity contribution in [1.29, 1.82) is 0 Å². The predicted molar refractivity (Wildman–Crippen MR) is 88.4 cm³/mol. The Kier molecular flexibility index (Phi) is 5.27. The van der Waals surface area contributed by atoms with Crippen molar-refractivity contribution in [3.8, 4) is 0 Å². The molecule has 0 spiro atoms. The average Bonchev–Trinajstić information content (AvgIpc) is 2.47. The van der Waals surface area contributed by atoms with Crippen molar-refractivity contribution in [2.24, 2.45) is 11.8 Å². The lowest BCUT2D eigenvalue weighted by Crippen LogP contribution is -2.47. The number of fused-ring (bicyclic) bond motifs is 1. The van der Waals surface area contributed by atoms with E-state index in [1.165, 1.54) is 11.3 Å². The minimum atomic E-state index is 0.0108. The number of rotatable bonds is 5. The largest absolute Gasteiger partial charge is 0.382 e. The summed E-state index contributed by atoms with van der Waals surface area (Å²) in [6.07, 6.45) is 3.05. The standard InChI is InChI=1S/C18H28N2O/c1-5-14(6-2)12(3)20-18(21)16-11-15-9-7-8-10-17(15)19-13(16)4/h7-10,12-14,16,19H,5-6,11H2,1-4H3,(H,20,21). The molecule has 0 bridgehead atoms. The summed E-state index contributed by atoms with van der Waals surface area (Å²) < 4.78 is 0. The van der Waals surface area contributed by atoms with Crippen molar-refractivity contribution in [2.45, 2.75) is 59.0 Å². The number of benzene rings is 1. The van der Waals surface area contributed by atoms with Gasteiger partial charge < -0.3 is 10.6 Å². The van der Waals surface area contributed by atoms with Gasteiger partial charge in [0.05, 0.1) is 5.92 Å². The van der Waals surface area contributed by atoms with Crippen LogP contribution < -0.4 is 10.6 Å². The highest BCUT2D eigenvalue weighted by molar-refractivity contribution is 5.81. The molecule has 0 saturated heterocycles. The third-order valence-electron chi connectivity index (χ3n) is 4.91. The van der Waals surface area contributed by atoms with Gasteiger partial charge in [-0.15, -0.1) is 0 Å². The predicted octanol–water partition coefficient (Wildman–Crippen LogP) is 3.60. The van der Waals surface area contributed by atoms with E-state index in [-0.39, 0.29) is 23.9 Å². The summed E-state index contributed by atoms with van der Waals surface area (Å²) in [6.45, 7) is 8.61. The topological polar surface area (TPSA) is 41.1 Å². The molecule has 2 N–H and O–H groups in total. The number of carbonyl (C=O) groups excluding carboxylic acids is 1. The normalized spacial score (nSPS) is 22.3. The van der Waals surface area contributed by atoms with Crippen LogP contribution in [0.15, 0.2) is 24.3 Å². The SMILES string of the molecule is CCC(CC)C(C)NC(=O)C1Cc2ccccc2NC1C. The molecule has 1 amide bonds. The molecule has 21 heavy (non-hydrogen) atoms. The number of anilines is 1. The zero-order valence-corrected chi connectivity index (χ0v) is 13.6. The quantitative estimate of drug-likeness (QED) is 0.869. The summed E-state index contributed by atoms with van der Waals surface area (Å²) in [4.78, 5) is 12.6. The molecule has 3 heteroatoms. The summed E-state index contributed by atoms with van der Waals surface area (Å²) in [7, 11) is 0. The van der Waals surface area contributed by atoms with E-state index in [9.17, 15) is 4.79 Å². The lowest BCUT2D eigenvalue weighted by molar-refractivity contribution is -0.126. The van der Waals surface area contributed by atoms with Gasteiger partial charge in [0, 0.05) is 17.8 Å². The van der Waals surface area contributed by atoms with Crippen LogP contribution in [-0.2, 0) is 11.2 Å². The maximum absolute atomic E-state index is 12.6. The van der Waals surface area contributed by atoms with Crippen LogP contribution in [0.3, 0.4) is 0 Å². The highest BCUT2D eigenvalue weighted by atomic mass is 16.2. The summed E-state index contributed by atoms with van der Waals surface area (Å²) in [5.74, 6) is 0.758. The molecule has 3 nitrogen and oxygen atoms in total. The minimum Gasteiger partial charge on any atom is -0.382 e. The van der Waals surface area contributed by atoms with Crippen molar-refractivity contribution in [3.63, 3.8) is 0 Å². The Bertz CT molecular complexity index is 482. The van der Waals surface area contributed by atoms with E-state index in [2.05, 4.69) is 50.5 Å². The first-order chi connectivity index (χ1) is 10.1. The molecule has 1 aromatic carbocycles. The maximum Gasteiger partial charge on any atom is 0.225 e. The Hall–Kier alpha value is -1.51. The molecule has 0 aromatic heterocycles. The molecule has 3 unspecified atom stereocenters. The van der Waals surface area contributed by atoms with E-state index in [4.69, 9.17) is 0 Å². The Morgan fingerprint density at radius 3 is 2.67 bits per heavy atom. The van der Waals surface area contributed by atoms with Gasteiger partial charge in [-0.05, 0) is 37.8 Å². The van der Waals surface area contributed by atoms with E-state index in [0.29, 0.717) is 5.92 Å². The summed E-state index contributed by atoms with van der Waals surface area (Å²) in [5.41, 5.74) is 2.41. The molecule has 2 rings (SSSR count). The van der Waals surface area contributed by atoms with Gasteiger partial charge in [-0.1, -0.05) is 44.9 Å². The number of nitrogens with one attached hydrogen (secondary N) is 2. The molecule has 1 heterocycles. The molecule has 0 fully saturated rings. The number of amides is 1. The van der Waals surface area contributed by atoms with Crippen LogP contribution >= 0.6 is 0 Å². The van der Waals surface area contributed by atoms with Crippen LogP contribution in [0.5, 0.6) is 0 Å². The fourth-order valence-electron chi connectivity index (χ4n) is 3.36. The molecule has 1 aliphatic heterocycles. The highest BCUT2D eigenvalue weighted by Gasteiger charge is 2.31. The van der Waals surface area contributed by atoms with Crippen LogP contribution in [-0.4, -0.2) is 18.0 Å². The van der Waals surface area contributed by atoms with Crippen molar-refractivity contribution in [3.05, 3.63) is 29.8 Å². The summed E-state index contributed by atoms with van der Waals surface area (Å²) in [6, 6.07) is 8.70. The molecular weight excluding hydrogens is 260 g/mol. The molecule has 0 radical (unpaired) electrons. The van der Waals surface area contributed by atoms with E-state index in [1.807, 2.05) is 12.1 Å². The van der Waals surface area contributed by atoms with Crippen molar-refractivity contribution in [1.82, 2.24) is 5.32 Å². The second-order valence-electron chi connectivity index (χ2n) is 6.27. The number of para-hydroxylation sites is 1. The zero-order valence-electron chi connectivity index (χ0n) is 13.6. The Morgan fingerprint density at radius 2 is 2.00 bits per heavy atom. The second kappa shape index (κ2) is 6.97. The Labute approximate surface area is 128 Å². The summed E-state index contributed by atoms with van der Waals surface area (Å²) in [5, 5.41) is 6.69. The van der Waals surface area contributed by atoms with E-state index < -0.39 is 0 Å². The fourth-order valence-corrected chi connectivity index (χ4v) is 3.36. The monoisotopic (exact) mass is 288 g/mol. The van der Waals surface area contributed by atoms with Crippen LogP contribution in [0.2, 0.25) is 0 Å². The van der Waals surface area contributed by atoms with Crippen LogP contribution in [0, 0.1) is 11.8 Å². The van der Waals surface area contributed by atoms with Gasteiger partial charge in [-0.2, -0.15) is 0 Å². The zero-order chi connectivity index (χ0) is 15.4. The van der Waals surface area contributed by atoms with Crippen LogP contribution in [0.4, 0.5) is 5.69 Å². The van der Waals surface area contributed by atoms with Gasteiger partial charge in [0.2, 0.25) is 5.91 Å². The first-order valence-electron chi connectivity index (χ1n) is 8.21. The van der Waals surface area contributed by atoms with Gasteiger partial charge in [0.1, 0.15) is 0 Å². The lowest BCUT2D eigenvalue weighted by Gasteiger charge is -2.33. The third kappa shape index (κ3) is 3.58. The Morgan fingerprint density at radius 1 is 1.33 bits per heavy atom. The van der Waals surface area contributed by atoms with Crippen LogP contribution in [0.25, 0.3) is 0 Å². The smallest absolute Gasteiger partial charge is 0.225 e. The second-order valence-corrected chi connectivity index (χ2v) is 6.27. The molecular formula is C18H28N2O. The van der Waals surface area contributed by atoms with Crippen molar-refractivity contribution in [2.75, 3.05) is 5.32 Å². The first kappa shape index (κ1) is 15.9.